The lowest BCUT2D eigenvalue weighted by Crippen LogP contribution is -2.39. The molecule has 0 spiro atoms. The standard InChI is InChI=1S/C21H24FN5O2.C2HF3O2/c1-13-14(2)24-20(23-13)15-5-4-7-26(12-15)21(28)19-6-8-27(25-19)17-9-16(22)10-18(11-17)29-3;3-2(4,5)1(6)7/h6,8-11,15H,4-5,7,12H2,1-3H3,(H,23,24);(H,6,7). The van der Waals surface area contributed by atoms with Crippen molar-refractivity contribution in [3.05, 3.63) is 59.2 Å². The van der Waals surface area contributed by atoms with Gasteiger partial charge in [0.25, 0.3) is 5.91 Å². The van der Waals surface area contributed by atoms with Gasteiger partial charge in [-0.15, -0.1) is 0 Å². The summed E-state index contributed by atoms with van der Waals surface area (Å²) in [6.45, 7) is 5.28. The van der Waals surface area contributed by atoms with Crippen LogP contribution in [-0.2, 0) is 4.79 Å². The molecule has 194 valence electrons. The molecule has 2 aromatic heterocycles. The van der Waals surface area contributed by atoms with E-state index in [4.69, 9.17) is 14.6 Å². The van der Waals surface area contributed by atoms with Crippen LogP contribution in [0.4, 0.5) is 17.6 Å². The van der Waals surface area contributed by atoms with Crippen LogP contribution in [0.2, 0.25) is 0 Å². The van der Waals surface area contributed by atoms with Crippen LogP contribution in [-0.4, -0.2) is 68.0 Å². The number of rotatable bonds is 4. The van der Waals surface area contributed by atoms with Crippen LogP contribution in [0, 0.1) is 19.7 Å². The van der Waals surface area contributed by atoms with Crippen molar-refractivity contribution in [2.45, 2.75) is 38.8 Å². The van der Waals surface area contributed by atoms with Gasteiger partial charge in [-0.1, -0.05) is 0 Å². The normalized spacial score (nSPS) is 15.8. The van der Waals surface area contributed by atoms with E-state index in [0.29, 0.717) is 30.2 Å². The van der Waals surface area contributed by atoms with Crippen molar-refractivity contribution in [3.8, 4) is 11.4 Å². The van der Waals surface area contributed by atoms with E-state index in [2.05, 4.69) is 15.1 Å². The molecule has 1 unspecified atom stereocenters. The third-order valence-corrected chi connectivity index (χ3v) is 5.65. The molecular formula is C23H25F4N5O4. The van der Waals surface area contributed by atoms with Gasteiger partial charge >= 0.3 is 12.1 Å². The minimum absolute atomic E-state index is 0.128. The number of piperidine rings is 1. The second kappa shape index (κ2) is 10.8. The Morgan fingerprint density at radius 1 is 1.22 bits per heavy atom. The summed E-state index contributed by atoms with van der Waals surface area (Å²) in [4.78, 5) is 31.7. The number of nitrogens with zero attached hydrogens (tertiary/aromatic N) is 4. The van der Waals surface area contributed by atoms with Crippen molar-refractivity contribution >= 4 is 11.9 Å². The lowest BCUT2D eigenvalue weighted by Gasteiger charge is -2.31. The molecule has 36 heavy (non-hydrogen) atoms. The Labute approximate surface area is 203 Å². The molecule has 0 aliphatic carbocycles. The van der Waals surface area contributed by atoms with E-state index in [1.807, 2.05) is 18.7 Å². The van der Waals surface area contributed by atoms with Crippen LogP contribution >= 0.6 is 0 Å². The van der Waals surface area contributed by atoms with E-state index >= 15 is 0 Å². The fraction of sp³-hybridized carbons (Fsp3) is 0.391. The van der Waals surface area contributed by atoms with Crippen molar-refractivity contribution < 1.29 is 37.0 Å². The molecule has 1 fully saturated rings. The SMILES string of the molecule is COc1cc(F)cc(-n2ccc(C(=O)N3CCCC(c4nc(C)c(C)[nH]4)C3)n2)c1.O=C(O)C(F)(F)F. The molecule has 0 radical (unpaired) electrons. The first kappa shape index (κ1) is 26.7. The van der Waals surface area contributed by atoms with E-state index in [1.165, 1.54) is 23.9 Å². The van der Waals surface area contributed by atoms with Gasteiger partial charge in [-0.3, -0.25) is 4.79 Å². The number of aliphatic carboxylic acids is 1. The fourth-order valence-corrected chi connectivity index (χ4v) is 3.70. The van der Waals surface area contributed by atoms with E-state index in [9.17, 15) is 22.4 Å². The number of aryl methyl sites for hydroxylation is 2. The number of halogens is 4. The highest BCUT2D eigenvalue weighted by Crippen LogP contribution is 2.27. The Bertz CT molecular complexity index is 1220. The summed E-state index contributed by atoms with van der Waals surface area (Å²) in [7, 11) is 1.48. The van der Waals surface area contributed by atoms with Gasteiger partial charge < -0.3 is 19.7 Å². The van der Waals surface area contributed by atoms with Gasteiger partial charge in [0.05, 0.1) is 18.5 Å². The van der Waals surface area contributed by atoms with Crippen LogP contribution in [0.25, 0.3) is 5.69 Å². The summed E-state index contributed by atoms with van der Waals surface area (Å²) in [5.74, 6) is -1.79. The highest BCUT2D eigenvalue weighted by atomic mass is 19.4. The molecule has 0 saturated carbocycles. The Balaban J connectivity index is 0.000000454. The molecule has 4 rings (SSSR count). The average molecular weight is 511 g/mol. The molecule has 13 heteroatoms. The van der Waals surface area contributed by atoms with Crippen LogP contribution in [0.3, 0.4) is 0 Å². The summed E-state index contributed by atoms with van der Waals surface area (Å²) in [5, 5.41) is 11.5. The molecule has 2 N–H and O–H groups in total. The fourth-order valence-electron chi connectivity index (χ4n) is 3.70. The number of aromatic amines is 1. The van der Waals surface area contributed by atoms with Gasteiger partial charge in [-0.2, -0.15) is 18.3 Å². The largest absolute Gasteiger partial charge is 0.497 e. The summed E-state index contributed by atoms with van der Waals surface area (Å²) in [6.07, 6.45) is -1.52. The number of hydrogen-bond donors (Lipinski definition) is 2. The zero-order valence-corrected chi connectivity index (χ0v) is 19.8. The summed E-state index contributed by atoms with van der Waals surface area (Å²) in [6, 6.07) is 5.97. The smallest absolute Gasteiger partial charge is 0.490 e. The number of methoxy groups -OCH3 is 1. The van der Waals surface area contributed by atoms with Crippen molar-refractivity contribution in [2.75, 3.05) is 20.2 Å². The van der Waals surface area contributed by atoms with E-state index in [-0.39, 0.29) is 11.8 Å². The maximum atomic E-state index is 13.8. The second-order valence-electron chi connectivity index (χ2n) is 8.22. The van der Waals surface area contributed by atoms with Crippen LogP contribution in [0.15, 0.2) is 30.5 Å². The van der Waals surface area contributed by atoms with E-state index in [1.54, 1.807) is 18.3 Å². The van der Waals surface area contributed by atoms with Gasteiger partial charge in [-0.05, 0) is 38.8 Å². The molecule has 3 heterocycles. The number of imidazole rings is 1. The molecular weight excluding hydrogens is 486 g/mol. The third kappa shape index (κ3) is 6.40. The Morgan fingerprint density at radius 2 is 1.92 bits per heavy atom. The summed E-state index contributed by atoms with van der Waals surface area (Å²) in [5.41, 5.74) is 2.89. The molecule has 1 aliphatic rings. The maximum Gasteiger partial charge on any atom is 0.490 e. The minimum Gasteiger partial charge on any atom is -0.497 e. The lowest BCUT2D eigenvalue weighted by atomic mass is 9.97. The van der Waals surface area contributed by atoms with Crippen molar-refractivity contribution in [1.82, 2.24) is 24.6 Å². The minimum atomic E-state index is -5.08. The number of aromatic nitrogens is 4. The number of benzene rings is 1. The number of carbonyl (C=O) groups is 2. The molecule has 9 nitrogen and oxygen atoms in total. The number of likely N-dealkylation sites (tertiary alicyclic amines) is 1. The summed E-state index contributed by atoms with van der Waals surface area (Å²) >= 11 is 0. The number of carbonyl (C=O) groups excluding carboxylic acids is 1. The molecule has 3 aromatic rings. The maximum absolute atomic E-state index is 13.8. The molecule has 1 aliphatic heterocycles. The van der Waals surface area contributed by atoms with Crippen LogP contribution in [0.5, 0.6) is 5.75 Å². The van der Waals surface area contributed by atoms with Crippen LogP contribution < -0.4 is 4.74 Å². The molecule has 1 amide bonds. The Morgan fingerprint density at radius 3 is 2.50 bits per heavy atom. The van der Waals surface area contributed by atoms with Gasteiger partial charge in [-0.25, -0.2) is 18.9 Å². The molecule has 1 aromatic carbocycles. The number of H-pyrrole nitrogens is 1. The topological polar surface area (TPSA) is 113 Å². The molecule has 0 bridgehead atoms. The first-order valence-electron chi connectivity index (χ1n) is 10.9. The van der Waals surface area contributed by atoms with E-state index in [0.717, 1.165) is 30.1 Å². The monoisotopic (exact) mass is 511 g/mol. The quantitative estimate of drug-likeness (QED) is 0.512. The van der Waals surface area contributed by atoms with E-state index < -0.39 is 18.0 Å². The van der Waals surface area contributed by atoms with Gasteiger partial charge in [0, 0.05) is 43.0 Å². The zero-order chi connectivity index (χ0) is 26.6. The number of nitrogens with one attached hydrogen (secondary N) is 1. The predicted molar refractivity (Wildman–Crippen MR) is 120 cm³/mol. The number of amides is 1. The summed E-state index contributed by atoms with van der Waals surface area (Å²) < 4.78 is 52.1. The van der Waals surface area contributed by atoms with Crippen molar-refractivity contribution in [3.63, 3.8) is 0 Å². The Hall–Kier alpha value is -3.90. The Kier molecular flexibility index (Phi) is 8.00. The van der Waals surface area contributed by atoms with Gasteiger partial charge in [0.1, 0.15) is 17.4 Å². The first-order chi connectivity index (χ1) is 16.9. The van der Waals surface area contributed by atoms with Crippen molar-refractivity contribution in [1.29, 1.82) is 0 Å². The first-order valence-corrected chi connectivity index (χ1v) is 10.9. The third-order valence-electron chi connectivity index (χ3n) is 5.65. The number of carboxylic acids is 1. The predicted octanol–water partition coefficient (Wildman–Crippen LogP) is 4.01. The highest BCUT2D eigenvalue weighted by Gasteiger charge is 2.38. The van der Waals surface area contributed by atoms with Gasteiger partial charge in [0.2, 0.25) is 0 Å². The highest BCUT2D eigenvalue weighted by molar-refractivity contribution is 5.92. The number of alkyl halides is 3. The number of carboxylic acid groups (broad SMARTS) is 1. The van der Waals surface area contributed by atoms with Crippen molar-refractivity contribution in [2.24, 2.45) is 0 Å². The molecule has 1 atom stereocenters. The number of ether oxygens (including phenoxy) is 1. The lowest BCUT2D eigenvalue weighted by molar-refractivity contribution is -0.192. The molecule has 1 saturated heterocycles. The van der Waals surface area contributed by atoms with Crippen LogP contribution in [0.1, 0.15) is 46.5 Å². The zero-order valence-electron chi connectivity index (χ0n) is 19.8. The van der Waals surface area contributed by atoms with Gasteiger partial charge in [0.15, 0.2) is 5.69 Å². The average Bonchev–Trinajstić information content (AvgIpc) is 3.45. The second-order valence-corrected chi connectivity index (χ2v) is 8.22. The number of hydrogen-bond acceptors (Lipinski definition) is 5.